The lowest BCUT2D eigenvalue weighted by atomic mass is 10.2. The van der Waals surface area contributed by atoms with E-state index in [0.29, 0.717) is 18.7 Å². The van der Waals surface area contributed by atoms with Gasteiger partial charge in [0.05, 0.1) is 6.10 Å². The number of nitrogens with zero attached hydrogens (tertiary/aromatic N) is 1. The first kappa shape index (κ1) is 22.9. The van der Waals surface area contributed by atoms with E-state index in [-0.39, 0.29) is 17.9 Å². The highest BCUT2D eigenvalue weighted by atomic mass is 32.1. The molecule has 0 radical (unpaired) electrons. The maximum atomic E-state index is 11.6. The normalized spacial score (nSPS) is 10.9. The van der Waals surface area contributed by atoms with Crippen LogP contribution in [0.1, 0.15) is 6.42 Å². The molecule has 152 valence electrons. The Bertz CT molecular complexity index is 861. The lowest BCUT2D eigenvalue weighted by molar-refractivity contribution is 0.0390. The van der Waals surface area contributed by atoms with Crippen LogP contribution in [0.3, 0.4) is 0 Å². The van der Waals surface area contributed by atoms with Crippen molar-refractivity contribution in [1.82, 2.24) is 9.55 Å². The summed E-state index contributed by atoms with van der Waals surface area (Å²) < 4.78 is 17.4. The molecule has 0 spiro atoms. The second-order valence-corrected chi connectivity index (χ2v) is 5.54. The van der Waals surface area contributed by atoms with E-state index in [4.69, 9.17) is 41.4 Å². The molecule has 10 nitrogen and oxygen atoms in total. The number of para-hydroxylation sites is 1. The maximum Gasteiger partial charge on any atom is 0.503 e. The summed E-state index contributed by atoms with van der Waals surface area (Å²) in [7, 11) is 1.55. The van der Waals surface area contributed by atoms with Crippen LogP contribution in [0.2, 0.25) is 0 Å². The van der Waals surface area contributed by atoms with Gasteiger partial charge < -0.3 is 29.0 Å². The van der Waals surface area contributed by atoms with E-state index in [1.165, 1.54) is 16.8 Å². The third-order valence-corrected chi connectivity index (χ3v) is 3.45. The number of carboxylic acid groups (broad SMARTS) is 2. The van der Waals surface area contributed by atoms with Crippen molar-refractivity contribution in [3.05, 3.63) is 63.4 Å². The van der Waals surface area contributed by atoms with Crippen molar-refractivity contribution >= 4 is 23.6 Å². The van der Waals surface area contributed by atoms with E-state index in [0.717, 1.165) is 0 Å². The zero-order valence-corrected chi connectivity index (χ0v) is 15.8. The van der Waals surface area contributed by atoms with Gasteiger partial charge in [-0.2, -0.15) is 0 Å². The first-order valence-electron chi connectivity index (χ1n) is 7.96. The van der Waals surface area contributed by atoms with Gasteiger partial charge in [0.2, 0.25) is 0 Å². The number of carbonyl (C=O) groups is 1. The number of aromatic nitrogens is 2. The molecule has 1 aromatic heterocycles. The van der Waals surface area contributed by atoms with Crippen LogP contribution in [0, 0.1) is 0 Å². The summed E-state index contributed by atoms with van der Waals surface area (Å²) in [6, 6.07) is 10.4. The standard InChI is InChI=1S/C16H18N2O5S.CH2O3/c1-21-13(7-9-18-10-8-14(19)17-15(18)20)11-22-16(24)23-12-5-3-2-4-6-12;2-1(3)4/h2-6,8,10,13H,7,9,11H2,1H3,(H,17,19,20);(H2,2,3,4). The number of H-pyrrole nitrogens is 1. The lowest BCUT2D eigenvalue weighted by Crippen LogP contribution is -2.31. The molecule has 2 rings (SSSR count). The Balaban J connectivity index is 0.000000892. The molecule has 0 fully saturated rings. The minimum atomic E-state index is -1.83. The summed E-state index contributed by atoms with van der Waals surface area (Å²) in [6.45, 7) is 0.573. The monoisotopic (exact) mass is 412 g/mol. The molecule has 0 amide bonds. The number of methoxy groups -OCH3 is 1. The summed E-state index contributed by atoms with van der Waals surface area (Å²) in [5.41, 5.74) is -0.882. The van der Waals surface area contributed by atoms with Crippen LogP contribution in [0.25, 0.3) is 0 Å². The summed E-state index contributed by atoms with van der Waals surface area (Å²) in [4.78, 5) is 33.4. The molecular weight excluding hydrogens is 392 g/mol. The van der Waals surface area contributed by atoms with Crippen molar-refractivity contribution in [1.29, 1.82) is 0 Å². The van der Waals surface area contributed by atoms with Gasteiger partial charge in [-0.1, -0.05) is 18.2 Å². The van der Waals surface area contributed by atoms with Crippen molar-refractivity contribution in [2.24, 2.45) is 0 Å². The van der Waals surface area contributed by atoms with E-state index in [1.807, 2.05) is 18.2 Å². The number of benzene rings is 1. The van der Waals surface area contributed by atoms with Gasteiger partial charge in [0.25, 0.3) is 5.56 Å². The predicted octanol–water partition coefficient (Wildman–Crippen LogP) is 1.54. The highest BCUT2D eigenvalue weighted by Crippen LogP contribution is 2.10. The SMILES string of the molecule is COC(CCn1ccc(=O)[nH]c1=O)COC(=S)Oc1ccccc1.O=C(O)O. The number of nitrogens with one attached hydrogen (secondary N) is 1. The van der Waals surface area contributed by atoms with Crippen LogP contribution in [0.5, 0.6) is 5.75 Å². The minimum Gasteiger partial charge on any atom is -0.454 e. The van der Waals surface area contributed by atoms with Gasteiger partial charge in [0.15, 0.2) is 0 Å². The Labute approximate surface area is 164 Å². The van der Waals surface area contributed by atoms with Crippen molar-refractivity contribution in [3.63, 3.8) is 0 Å². The lowest BCUT2D eigenvalue weighted by Gasteiger charge is -2.17. The molecule has 11 heteroatoms. The van der Waals surface area contributed by atoms with E-state index in [1.54, 1.807) is 19.2 Å². The van der Waals surface area contributed by atoms with Crippen LogP contribution in [0.4, 0.5) is 4.79 Å². The van der Waals surface area contributed by atoms with Gasteiger partial charge in [-0.05, 0) is 18.6 Å². The average molecular weight is 412 g/mol. The fourth-order valence-electron chi connectivity index (χ4n) is 1.95. The summed E-state index contributed by atoms with van der Waals surface area (Å²) >= 11 is 5.02. The third-order valence-electron chi connectivity index (χ3n) is 3.25. The molecule has 1 atom stereocenters. The number of rotatable bonds is 7. The van der Waals surface area contributed by atoms with Crippen LogP contribution < -0.4 is 16.0 Å². The van der Waals surface area contributed by atoms with E-state index in [2.05, 4.69) is 4.98 Å². The smallest absolute Gasteiger partial charge is 0.454 e. The molecule has 1 aromatic carbocycles. The second-order valence-electron chi connectivity index (χ2n) is 5.21. The number of aromatic amines is 1. The van der Waals surface area contributed by atoms with Crippen molar-refractivity contribution in [2.45, 2.75) is 19.1 Å². The summed E-state index contributed by atoms with van der Waals surface area (Å²) in [5.74, 6) is 0.594. The Morgan fingerprint density at radius 1 is 1.21 bits per heavy atom. The number of hydrogen-bond donors (Lipinski definition) is 3. The molecule has 0 bridgehead atoms. The van der Waals surface area contributed by atoms with Gasteiger partial charge in [0, 0.05) is 38.1 Å². The number of aryl methyl sites for hydroxylation is 1. The summed E-state index contributed by atoms with van der Waals surface area (Å²) in [5, 5.41) is 13.9. The molecule has 28 heavy (non-hydrogen) atoms. The quantitative estimate of drug-likeness (QED) is 0.578. The Morgan fingerprint density at radius 3 is 2.43 bits per heavy atom. The van der Waals surface area contributed by atoms with Crippen LogP contribution >= 0.6 is 12.2 Å². The molecule has 0 saturated carbocycles. The largest absolute Gasteiger partial charge is 0.503 e. The predicted molar refractivity (Wildman–Crippen MR) is 103 cm³/mol. The van der Waals surface area contributed by atoms with Gasteiger partial charge in [-0.3, -0.25) is 9.78 Å². The van der Waals surface area contributed by atoms with Crippen molar-refractivity contribution in [2.75, 3.05) is 13.7 Å². The molecule has 0 aliphatic heterocycles. The van der Waals surface area contributed by atoms with Crippen LogP contribution in [0.15, 0.2) is 52.2 Å². The van der Waals surface area contributed by atoms with E-state index in [9.17, 15) is 9.59 Å². The molecule has 0 saturated heterocycles. The first-order valence-corrected chi connectivity index (χ1v) is 8.36. The highest BCUT2D eigenvalue weighted by Gasteiger charge is 2.11. The fourth-order valence-corrected chi connectivity index (χ4v) is 2.11. The molecule has 2 aromatic rings. The Kier molecular flexibility index (Phi) is 10.0. The van der Waals surface area contributed by atoms with Crippen molar-refractivity contribution < 1.29 is 29.2 Å². The average Bonchev–Trinajstić information content (AvgIpc) is 2.63. The van der Waals surface area contributed by atoms with Gasteiger partial charge >= 0.3 is 17.1 Å². The summed E-state index contributed by atoms with van der Waals surface area (Å²) in [6.07, 6.45) is -0.157. The van der Waals surface area contributed by atoms with Gasteiger partial charge in [0.1, 0.15) is 12.4 Å². The fraction of sp³-hybridized carbons (Fsp3) is 0.294. The minimum absolute atomic E-state index is 0.00413. The topological polar surface area (TPSA) is 140 Å². The Hall–Kier alpha value is -3.18. The van der Waals surface area contributed by atoms with Gasteiger partial charge in [-0.15, -0.1) is 0 Å². The maximum absolute atomic E-state index is 11.6. The molecule has 1 unspecified atom stereocenters. The molecular formula is C17H20N2O8S. The molecule has 0 aliphatic carbocycles. The first-order chi connectivity index (χ1) is 13.3. The molecule has 0 aliphatic rings. The van der Waals surface area contributed by atoms with Crippen molar-refractivity contribution in [3.8, 4) is 5.75 Å². The van der Waals surface area contributed by atoms with E-state index < -0.39 is 17.4 Å². The van der Waals surface area contributed by atoms with Crippen LogP contribution in [-0.2, 0) is 16.0 Å². The Morgan fingerprint density at radius 2 is 1.86 bits per heavy atom. The highest BCUT2D eigenvalue weighted by molar-refractivity contribution is 7.79. The molecule has 1 heterocycles. The zero-order valence-electron chi connectivity index (χ0n) is 14.9. The number of ether oxygens (including phenoxy) is 3. The second kappa shape index (κ2) is 12.3. The number of thiocarbonyl (C=S) groups is 1. The third kappa shape index (κ3) is 9.50. The zero-order chi connectivity index (χ0) is 20.9. The van der Waals surface area contributed by atoms with Crippen LogP contribution in [-0.4, -0.2) is 51.0 Å². The number of hydrogen-bond acceptors (Lipinski definition) is 7. The van der Waals surface area contributed by atoms with Gasteiger partial charge in [-0.25, -0.2) is 9.59 Å². The van der Waals surface area contributed by atoms with E-state index >= 15 is 0 Å². The molecule has 3 N–H and O–H groups in total.